The second-order valence-electron chi connectivity index (χ2n) is 7.93. The van der Waals surface area contributed by atoms with E-state index < -0.39 is 21.7 Å². The number of benzene rings is 2. The van der Waals surface area contributed by atoms with Crippen molar-refractivity contribution in [1.29, 1.82) is 0 Å². The number of rotatable bonds is 7. The van der Waals surface area contributed by atoms with Crippen LogP contribution >= 0.6 is 0 Å². The Morgan fingerprint density at radius 1 is 1.00 bits per heavy atom. The molecule has 1 unspecified atom stereocenters. The molecule has 4 rings (SSSR count). The SMILES string of the molecule is CS(=O)(=O)N(Cc1cc(F)cc(F)c1)C1CN(C(c2ccc(F)cc2)c2cccnc2)C1. The Morgan fingerprint density at radius 2 is 1.66 bits per heavy atom. The molecule has 1 aromatic heterocycles. The van der Waals surface area contributed by atoms with Crippen molar-refractivity contribution >= 4 is 10.0 Å². The zero-order valence-electron chi connectivity index (χ0n) is 17.3. The van der Waals surface area contributed by atoms with Crippen LogP contribution in [0.3, 0.4) is 0 Å². The van der Waals surface area contributed by atoms with Crippen molar-refractivity contribution in [2.24, 2.45) is 0 Å². The maximum absolute atomic E-state index is 13.6. The van der Waals surface area contributed by atoms with Crippen LogP contribution in [-0.4, -0.2) is 48.0 Å². The highest BCUT2D eigenvalue weighted by Crippen LogP contribution is 2.34. The molecule has 2 heterocycles. The third kappa shape index (κ3) is 5.01. The lowest BCUT2D eigenvalue weighted by Crippen LogP contribution is -2.61. The van der Waals surface area contributed by atoms with Gasteiger partial charge in [0.15, 0.2) is 0 Å². The van der Waals surface area contributed by atoms with Crippen LogP contribution in [-0.2, 0) is 16.6 Å². The average molecular weight is 462 g/mol. The van der Waals surface area contributed by atoms with Gasteiger partial charge in [0.05, 0.1) is 18.3 Å². The fourth-order valence-corrected chi connectivity index (χ4v) is 5.14. The van der Waals surface area contributed by atoms with Gasteiger partial charge in [-0.3, -0.25) is 9.88 Å². The van der Waals surface area contributed by atoms with E-state index in [1.165, 1.54) is 16.4 Å². The molecule has 5 nitrogen and oxygen atoms in total. The molecule has 32 heavy (non-hydrogen) atoms. The van der Waals surface area contributed by atoms with Crippen LogP contribution in [0.5, 0.6) is 0 Å². The standard InChI is InChI=1S/C23H22F3N3O2S/c1-32(30,31)29(13-16-9-20(25)11-21(26)10-16)22-14-28(15-22)23(18-3-2-8-27-12-18)17-4-6-19(24)7-5-17/h2-12,22-23H,13-15H2,1H3. The van der Waals surface area contributed by atoms with Gasteiger partial charge in [0, 0.05) is 38.1 Å². The van der Waals surface area contributed by atoms with Crippen molar-refractivity contribution in [2.75, 3.05) is 19.3 Å². The van der Waals surface area contributed by atoms with E-state index in [4.69, 9.17) is 0 Å². The minimum absolute atomic E-state index is 0.125. The smallest absolute Gasteiger partial charge is 0.211 e. The van der Waals surface area contributed by atoms with Gasteiger partial charge in [0.25, 0.3) is 0 Å². The van der Waals surface area contributed by atoms with Crippen LogP contribution in [0.1, 0.15) is 22.7 Å². The Hall–Kier alpha value is -2.75. The van der Waals surface area contributed by atoms with Crippen molar-refractivity contribution in [2.45, 2.75) is 18.6 Å². The Bertz CT molecular complexity index is 1160. The molecule has 0 saturated carbocycles. The van der Waals surface area contributed by atoms with Gasteiger partial charge in [0.2, 0.25) is 10.0 Å². The molecule has 3 aromatic rings. The van der Waals surface area contributed by atoms with Gasteiger partial charge in [-0.1, -0.05) is 18.2 Å². The molecule has 1 aliphatic rings. The summed E-state index contributed by atoms with van der Waals surface area (Å²) in [6.07, 6.45) is 4.47. The highest BCUT2D eigenvalue weighted by molar-refractivity contribution is 7.88. The molecular formula is C23H22F3N3O2S. The zero-order chi connectivity index (χ0) is 22.9. The third-order valence-electron chi connectivity index (χ3n) is 5.54. The maximum Gasteiger partial charge on any atom is 0.211 e. The molecule has 2 aromatic carbocycles. The van der Waals surface area contributed by atoms with Crippen LogP contribution in [0, 0.1) is 17.5 Å². The Balaban J connectivity index is 1.57. The van der Waals surface area contributed by atoms with Crippen LogP contribution in [0.25, 0.3) is 0 Å². The zero-order valence-corrected chi connectivity index (χ0v) is 18.1. The van der Waals surface area contributed by atoms with Gasteiger partial charge in [-0.15, -0.1) is 0 Å². The van der Waals surface area contributed by atoms with Gasteiger partial charge in [-0.05, 0) is 47.0 Å². The maximum atomic E-state index is 13.6. The molecule has 0 aliphatic carbocycles. The van der Waals surface area contributed by atoms with Gasteiger partial charge >= 0.3 is 0 Å². The number of pyridine rings is 1. The summed E-state index contributed by atoms with van der Waals surface area (Å²) in [5, 5.41) is 0. The van der Waals surface area contributed by atoms with Crippen molar-refractivity contribution < 1.29 is 21.6 Å². The number of sulfonamides is 1. The number of hydrogen-bond acceptors (Lipinski definition) is 4. The second-order valence-corrected chi connectivity index (χ2v) is 9.87. The summed E-state index contributed by atoms with van der Waals surface area (Å²) in [6.45, 7) is 0.684. The van der Waals surface area contributed by atoms with E-state index >= 15 is 0 Å². The van der Waals surface area contributed by atoms with Crippen LogP contribution in [0.15, 0.2) is 67.0 Å². The van der Waals surface area contributed by atoms with Crippen LogP contribution < -0.4 is 0 Å². The Labute approximate surface area is 185 Å². The lowest BCUT2D eigenvalue weighted by molar-refractivity contribution is 0.0505. The molecule has 1 aliphatic heterocycles. The molecule has 1 saturated heterocycles. The lowest BCUT2D eigenvalue weighted by atomic mass is 9.94. The summed E-state index contributed by atoms with van der Waals surface area (Å²) in [5.74, 6) is -1.85. The molecule has 0 spiro atoms. The molecular weight excluding hydrogens is 439 g/mol. The molecule has 0 bridgehead atoms. The van der Waals surface area contributed by atoms with E-state index in [2.05, 4.69) is 9.88 Å². The Morgan fingerprint density at radius 3 is 2.22 bits per heavy atom. The molecule has 1 fully saturated rings. The van der Waals surface area contributed by atoms with Gasteiger partial charge in [-0.2, -0.15) is 4.31 Å². The average Bonchev–Trinajstić information content (AvgIpc) is 2.69. The third-order valence-corrected chi connectivity index (χ3v) is 6.81. The van der Waals surface area contributed by atoms with Crippen molar-refractivity contribution in [3.8, 4) is 0 Å². The normalized spacial score (nSPS) is 16.2. The summed E-state index contributed by atoms with van der Waals surface area (Å²) in [6, 6.07) is 12.3. The van der Waals surface area contributed by atoms with E-state index in [-0.39, 0.29) is 30.0 Å². The topological polar surface area (TPSA) is 53.5 Å². The van der Waals surface area contributed by atoms with Crippen molar-refractivity contribution in [3.05, 3.63) is 101 Å². The summed E-state index contributed by atoms with van der Waals surface area (Å²) in [7, 11) is -3.63. The summed E-state index contributed by atoms with van der Waals surface area (Å²) < 4.78 is 66.8. The lowest BCUT2D eigenvalue weighted by Gasteiger charge is -2.48. The molecule has 168 valence electrons. The van der Waals surface area contributed by atoms with E-state index in [1.807, 2.05) is 12.1 Å². The molecule has 1 atom stereocenters. The Kier molecular flexibility index (Phi) is 6.32. The van der Waals surface area contributed by atoms with Gasteiger partial charge in [0.1, 0.15) is 17.5 Å². The van der Waals surface area contributed by atoms with E-state index in [0.29, 0.717) is 13.1 Å². The van der Waals surface area contributed by atoms with Gasteiger partial charge in [-0.25, -0.2) is 21.6 Å². The quantitative estimate of drug-likeness (QED) is 0.538. The van der Waals surface area contributed by atoms with E-state index in [0.717, 1.165) is 35.6 Å². The second kappa shape index (κ2) is 9.01. The first-order valence-electron chi connectivity index (χ1n) is 10.0. The molecule has 0 N–H and O–H groups in total. The van der Waals surface area contributed by atoms with Crippen molar-refractivity contribution in [3.63, 3.8) is 0 Å². The minimum atomic E-state index is -3.63. The molecule has 9 heteroatoms. The fraction of sp³-hybridized carbons (Fsp3) is 0.261. The fourth-order valence-electron chi connectivity index (χ4n) is 4.08. The monoisotopic (exact) mass is 461 g/mol. The number of nitrogens with zero attached hydrogens (tertiary/aromatic N) is 3. The van der Waals surface area contributed by atoms with Gasteiger partial charge < -0.3 is 0 Å². The molecule has 0 amide bonds. The largest absolute Gasteiger partial charge is 0.289 e. The minimum Gasteiger partial charge on any atom is -0.289 e. The first-order valence-corrected chi connectivity index (χ1v) is 11.9. The summed E-state index contributed by atoms with van der Waals surface area (Å²) in [4.78, 5) is 6.25. The van der Waals surface area contributed by atoms with E-state index in [9.17, 15) is 21.6 Å². The number of likely N-dealkylation sites (tertiary alicyclic amines) is 1. The summed E-state index contributed by atoms with van der Waals surface area (Å²) >= 11 is 0. The van der Waals surface area contributed by atoms with Crippen LogP contribution in [0.2, 0.25) is 0 Å². The predicted molar refractivity (Wildman–Crippen MR) is 115 cm³/mol. The van der Waals surface area contributed by atoms with Crippen molar-refractivity contribution in [1.82, 2.24) is 14.2 Å². The predicted octanol–water partition coefficient (Wildman–Crippen LogP) is 3.73. The summed E-state index contributed by atoms with van der Waals surface area (Å²) in [5.41, 5.74) is 2.00. The number of aromatic nitrogens is 1. The highest BCUT2D eigenvalue weighted by atomic mass is 32.2. The number of hydrogen-bond donors (Lipinski definition) is 0. The first kappa shape index (κ1) is 22.4. The first-order chi connectivity index (χ1) is 15.2. The number of halogens is 3. The van der Waals surface area contributed by atoms with Crippen LogP contribution in [0.4, 0.5) is 13.2 Å². The van der Waals surface area contributed by atoms with E-state index in [1.54, 1.807) is 24.5 Å². The molecule has 0 radical (unpaired) electrons. The highest BCUT2D eigenvalue weighted by Gasteiger charge is 2.40.